The SMILES string of the molecule is CCCC1CC[C](C2CC[C](c3ccc(OC)c(F)c3F)CC2)CC1. The Bertz CT molecular complexity index is 555. The molecule has 0 heterocycles. The van der Waals surface area contributed by atoms with Gasteiger partial charge in [0.25, 0.3) is 0 Å². The molecule has 0 aromatic heterocycles. The summed E-state index contributed by atoms with van der Waals surface area (Å²) in [5, 5.41) is 0. The van der Waals surface area contributed by atoms with Gasteiger partial charge in [-0.2, -0.15) is 4.39 Å². The van der Waals surface area contributed by atoms with E-state index in [1.54, 1.807) is 12.0 Å². The lowest BCUT2D eigenvalue weighted by Crippen LogP contribution is -2.24. The molecule has 0 amide bonds. The number of rotatable bonds is 5. The van der Waals surface area contributed by atoms with Gasteiger partial charge in [0.1, 0.15) is 0 Å². The molecular weight excluding hydrogens is 318 g/mol. The van der Waals surface area contributed by atoms with E-state index < -0.39 is 11.6 Å². The van der Waals surface area contributed by atoms with E-state index in [4.69, 9.17) is 4.74 Å². The Hall–Kier alpha value is -1.12. The molecule has 1 aromatic carbocycles. The van der Waals surface area contributed by atoms with Crippen LogP contribution in [0.15, 0.2) is 12.1 Å². The fraction of sp³-hybridized carbons (Fsp3) is 0.636. The van der Waals surface area contributed by atoms with Crippen molar-refractivity contribution in [3.63, 3.8) is 0 Å². The van der Waals surface area contributed by atoms with Gasteiger partial charge in [-0.15, -0.1) is 0 Å². The zero-order valence-corrected chi connectivity index (χ0v) is 15.5. The molecule has 0 saturated heterocycles. The fourth-order valence-electron chi connectivity index (χ4n) is 4.76. The molecular formula is C22H30F2O. The molecule has 138 valence electrons. The van der Waals surface area contributed by atoms with E-state index in [1.165, 1.54) is 51.7 Å². The predicted octanol–water partition coefficient (Wildman–Crippen LogP) is 6.65. The van der Waals surface area contributed by atoms with E-state index in [2.05, 4.69) is 6.92 Å². The van der Waals surface area contributed by atoms with Crippen LogP contribution in [0.25, 0.3) is 0 Å². The standard InChI is InChI=1S/C22H30F2O/c1-3-4-15-5-7-16(8-6-15)17-9-11-18(12-10-17)19-13-14-20(25-2)22(24)21(19)23/h13-15,17H,3-12H2,1-2H3. The summed E-state index contributed by atoms with van der Waals surface area (Å²) in [4.78, 5) is 0. The van der Waals surface area contributed by atoms with E-state index in [-0.39, 0.29) is 5.75 Å². The zero-order chi connectivity index (χ0) is 17.8. The predicted molar refractivity (Wildman–Crippen MR) is 97.3 cm³/mol. The third-order valence-electron chi connectivity index (χ3n) is 6.26. The molecule has 0 spiro atoms. The molecule has 25 heavy (non-hydrogen) atoms. The second kappa shape index (κ2) is 8.51. The van der Waals surface area contributed by atoms with Crippen molar-refractivity contribution in [2.75, 3.05) is 7.11 Å². The highest BCUT2D eigenvalue weighted by molar-refractivity contribution is 5.39. The Kier molecular flexibility index (Phi) is 6.35. The monoisotopic (exact) mass is 348 g/mol. The Morgan fingerprint density at radius 2 is 1.64 bits per heavy atom. The number of ether oxygens (including phenoxy) is 1. The van der Waals surface area contributed by atoms with Crippen LogP contribution in [0.1, 0.15) is 76.7 Å². The average Bonchev–Trinajstić information content (AvgIpc) is 2.65. The van der Waals surface area contributed by atoms with E-state index >= 15 is 0 Å². The van der Waals surface area contributed by atoms with Gasteiger partial charge in [-0.25, -0.2) is 4.39 Å². The molecule has 2 aliphatic rings. The molecule has 3 heteroatoms. The second-order valence-corrected chi connectivity index (χ2v) is 7.71. The van der Waals surface area contributed by atoms with Gasteiger partial charge in [-0.1, -0.05) is 25.8 Å². The van der Waals surface area contributed by atoms with Gasteiger partial charge in [0.2, 0.25) is 5.82 Å². The van der Waals surface area contributed by atoms with Gasteiger partial charge in [0.05, 0.1) is 7.11 Å². The lowest BCUT2D eigenvalue weighted by Gasteiger charge is -2.37. The third kappa shape index (κ3) is 4.17. The summed E-state index contributed by atoms with van der Waals surface area (Å²) in [6.45, 7) is 2.28. The highest BCUT2D eigenvalue weighted by Crippen LogP contribution is 2.45. The smallest absolute Gasteiger partial charge is 0.200 e. The molecule has 2 aliphatic carbocycles. The summed E-state index contributed by atoms with van der Waals surface area (Å²) in [6, 6.07) is 3.21. The van der Waals surface area contributed by atoms with Crippen molar-refractivity contribution in [2.45, 2.75) is 71.1 Å². The van der Waals surface area contributed by atoms with E-state index in [9.17, 15) is 8.78 Å². The van der Waals surface area contributed by atoms with Crippen LogP contribution in [0.5, 0.6) is 5.75 Å². The van der Waals surface area contributed by atoms with Crippen molar-refractivity contribution in [3.8, 4) is 5.75 Å². The van der Waals surface area contributed by atoms with Crippen LogP contribution in [0.2, 0.25) is 0 Å². The van der Waals surface area contributed by atoms with Crippen molar-refractivity contribution in [1.82, 2.24) is 0 Å². The molecule has 0 unspecified atom stereocenters. The van der Waals surface area contributed by atoms with E-state index in [0.717, 1.165) is 37.5 Å². The van der Waals surface area contributed by atoms with Crippen LogP contribution in [0, 0.1) is 35.3 Å². The van der Waals surface area contributed by atoms with Gasteiger partial charge < -0.3 is 4.74 Å². The summed E-state index contributed by atoms with van der Waals surface area (Å²) < 4.78 is 33.1. The first-order chi connectivity index (χ1) is 12.1. The first-order valence-electron chi connectivity index (χ1n) is 9.85. The summed E-state index contributed by atoms with van der Waals surface area (Å²) in [5.41, 5.74) is 0.452. The van der Waals surface area contributed by atoms with E-state index in [1.807, 2.05) is 0 Å². The van der Waals surface area contributed by atoms with Crippen molar-refractivity contribution >= 4 is 0 Å². The minimum absolute atomic E-state index is 0.0186. The number of methoxy groups -OCH3 is 1. The van der Waals surface area contributed by atoms with Crippen LogP contribution in [-0.4, -0.2) is 7.11 Å². The van der Waals surface area contributed by atoms with Gasteiger partial charge in [0.15, 0.2) is 11.6 Å². The van der Waals surface area contributed by atoms with Gasteiger partial charge in [-0.3, -0.25) is 0 Å². The van der Waals surface area contributed by atoms with E-state index in [0.29, 0.717) is 11.5 Å². The molecule has 1 nitrogen and oxygen atoms in total. The maximum atomic E-state index is 14.3. The number of hydrogen-bond donors (Lipinski definition) is 0. The van der Waals surface area contributed by atoms with Crippen molar-refractivity contribution in [2.24, 2.45) is 11.8 Å². The topological polar surface area (TPSA) is 9.23 Å². The lowest BCUT2D eigenvalue weighted by atomic mass is 9.68. The van der Waals surface area contributed by atoms with Gasteiger partial charge in [-0.05, 0) is 80.8 Å². The van der Waals surface area contributed by atoms with Crippen molar-refractivity contribution in [1.29, 1.82) is 0 Å². The first kappa shape index (κ1) is 18.7. The molecule has 0 atom stereocenters. The molecule has 2 fully saturated rings. The number of halogens is 2. The summed E-state index contributed by atoms with van der Waals surface area (Å²) in [5.74, 6) is 2.80. The van der Waals surface area contributed by atoms with Crippen LogP contribution in [0.4, 0.5) is 8.78 Å². The number of benzene rings is 1. The fourth-order valence-corrected chi connectivity index (χ4v) is 4.76. The maximum absolute atomic E-state index is 14.3. The van der Waals surface area contributed by atoms with Crippen LogP contribution in [0.3, 0.4) is 0 Å². The lowest BCUT2D eigenvalue weighted by molar-refractivity contribution is 0.285. The average molecular weight is 348 g/mol. The highest BCUT2D eigenvalue weighted by atomic mass is 19.2. The molecule has 2 saturated carbocycles. The largest absolute Gasteiger partial charge is 0.494 e. The zero-order valence-electron chi connectivity index (χ0n) is 15.5. The minimum atomic E-state index is -0.863. The second-order valence-electron chi connectivity index (χ2n) is 7.71. The summed E-state index contributed by atoms with van der Waals surface area (Å²) in [6.07, 6.45) is 11.9. The van der Waals surface area contributed by atoms with Crippen LogP contribution in [-0.2, 0) is 0 Å². The molecule has 2 radical (unpaired) electrons. The Morgan fingerprint density at radius 1 is 0.960 bits per heavy atom. The Labute approximate surface area is 151 Å². The highest BCUT2D eigenvalue weighted by Gasteiger charge is 2.33. The first-order valence-corrected chi connectivity index (χ1v) is 9.85. The number of hydrogen-bond acceptors (Lipinski definition) is 1. The summed E-state index contributed by atoms with van der Waals surface area (Å²) >= 11 is 0. The summed E-state index contributed by atoms with van der Waals surface area (Å²) in [7, 11) is 1.36. The van der Waals surface area contributed by atoms with Crippen molar-refractivity contribution < 1.29 is 13.5 Å². The van der Waals surface area contributed by atoms with Gasteiger partial charge in [0, 0.05) is 5.92 Å². The van der Waals surface area contributed by atoms with Crippen LogP contribution >= 0.6 is 0 Å². The molecule has 1 aromatic rings. The molecule has 0 N–H and O–H groups in total. The molecule has 0 bridgehead atoms. The Balaban J connectivity index is 1.55. The third-order valence-corrected chi connectivity index (χ3v) is 6.26. The normalized spacial score (nSPS) is 21.6. The molecule has 0 aliphatic heterocycles. The minimum Gasteiger partial charge on any atom is -0.494 e. The Morgan fingerprint density at radius 3 is 2.24 bits per heavy atom. The van der Waals surface area contributed by atoms with Gasteiger partial charge >= 0.3 is 0 Å². The van der Waals surface area contributed by atoms with Crippen molar-refractivity contribution in [3.05, 3.63) is 41.2 Å². The van der Waals surface area contributed by atoms with Crippen LogP contribution < -0.4 is 4.74 Å². The maximum Gasteiger partial charge on any atom is 0.200 e. The quantitative estimate of drug-likeness (QED) is 0.579. The molecule has 3 rings (SSSR count).